The number of hydrogen-bond donors (Lipinski definition) is 2. The summed E-state index contributed by atoms with van der Waals surface area (Å²) < 4.78 is 46.5. The molecule has 0 spiro atoms. The van der Waals surface area contributed by atoms with E-state index in [4.69, 9.17) is 4.74 Å². The van der Waals surface area contributed by atoms with Crippen molar-refractivity contribution in [1.82, 2.24) is 5.32 Å². The molecule has 0 aromatic heterocycles. The van der Waals surface area contributed by atoms with E-state index in [9.17, 15) is 23.1 Å². The third kappa shape index (κ3) is 5.70. The molecule has 0 unspecified atom stereocenters. The molecular weight excluding hydrogens is 467 g/mol. The highest BCUT2D eigenvalue weighted by molar-refractivity contribution is 5.94. The quantitative estimate of drug-likeness (QED) is 0.353. The number of carbonyl (C=O) groups is 1. The fourth-order valence-electron chi connectivity index (χ4n) is 5.54. The van der Waals surface area contributed by atoms with Gasteiger partial charge in [-0.25, -0.2) is 0 Å². The Balaban J connectivity index is 1.90. The first kappa shape index (κ1) is 28.4. The van der Waals surface area contributed by atoms with E-state index in [2.05, 4.69) is 26.1 Å². The molecule has 0 saturated carbocycles. The first-order chi connectivity index (χ1) is 16.5. The summed E-state index contributed by atoms with van der Waals surface area (Å²) in [4.78, 5) is 12.9. The van der Waals surface area contributed by atoms with Crippen molar-refractivity contribution in [3.8, 4) is 11.5 Å². The third-order valence-corrected chi connectivity index (χ3v) is 8.16. The smallest absolute Gasteiger partial charge is 0.410 e. The fraction of sp³-hybridized carbons (Fsp3) is 0.690. The monoisotopic (exact) mass is 509 g/mol. The van der Waals surface area contributed by atoms with E-state index in [-0.39, 0.29) is 29.4 Å². The van der Waals surface area contributed by atoms with Crippen LogP contribution in [0.3, 0.4) is 0 Å². The predicted octanol–water partition coefficient (Wildman–Crippen LogP) is 7.69. The van der Waals surface area contributed by atoms with Crippen molar-refractivity contribution in [2.24, 2.45) is 5.92 Å². The molecule has 4 nitrogen and oxygen atoms in total. The van der Waals surface area contributed by atoms with E-state index in [1.54, 1.807) is 6.08 Å². The zero-order chi connectivity index (χ0) is 27.1. The minimum absolute atomic E-state index is 0.0176. The summed E-state index contributed by atoms with van der Waals surface area (Å²) in [6.45, 7) is 12.4. The van der Waals surface area contributed by atoms with Crippen molar-refractivity contribution in [1.29, 1.82) is 0 Å². The number of rotatable bonds is 8. The summed E-state index contributed by atoms with van der Waals surface area (Å²) >= 11 is 0. The molecule has 3 rings (SSSR count). The van der Waals surface area contributed by atoms with Crippen molar-refractivity contribution in [3.05, 3.63) is 34.9 Å². The number of allylic oxidation sites excluding steroid dienone is 1. The standard InChI is InChI=1S/C29H42F3NO3/c1-8-9-10-11-14-26(2,3)19-16-22(34)24-20-15-18(25(35)33-28(6,7)29(30,31)32)12-13-21(20)27(4,5)36-23(24)17-19/h12,16-17,20-21,34H,8-11,13-15H2,1-7H3,(H,33,35)/t20-,21-/m1/s1. The van der Waals surface area contributed by atoms with Gasteiger partial charge >= 0.3 is 6.18 Å². The SMILES string of the molecule is CCCCCCC(C)(C)c1cc(O)c2c(c1)OC(C)(C)[C@@H]1CC=C(C(=O)NC(C)(C)C(F)(F)F)C[C@@H]21. The van der Waals surface area contributed by atoms with Crippen LogP contribution < -0.4 is 10.1 Å². The van der Waals surface area contributed by atoms with Crippen LogP contribution in [-0.2, 0) is 10.2 Å². The number of phenols is 1. The van der Waals surface area contributed by atoms with Crippen LogP contribution in [-0.4, -0.2) is 28.3 Å². The Bertz CT molecular complexity index is 1010. The molecule has 202 valence electrons. The molecule has 0 radical (unpaired) electrons. The lowest BCUT2D eigenvalue weighted by atomic mass is 9.66. The Morgan fingerprint density at radius 3 is 2.42 bits per heavy atom. The molecule has 1 aliphatic carbocycles. The number of carbonyl (C=O) groups excluding carboxylic acids is 1. The largest absolute Gasteiger partial charge is 0.508 e. The fourth-order valence-corrected chi connectivity index (χ4v) is 5.54. The van der Waals surface area contributed by atoms with E-state index in [0.717, 1.165) is 32.3 Å². The van der Waals surface area contributed by atoms with Crippen molar-refractivity contribution >= 4 is 5.91 Å². The van der Waals surface area contributed by atoms with Gasteiger partial charge in [-0.1, -0.05) is 52.5 Å². The number of fused-ring (bicyclic) bond motifs is 3. The molecule has 2 N–H and O–H groups in total. The minimum Gasteiger partial charge on any atom is -0.508 e. The molecule has 0 bridgehead atoms. The lowest BCUT2D eigenvalue weighted by Gasteiger charge is -2.47. The van der Waals surface area contributed by atoms with Crippen LogP contribution in [0.4, 0.5) is 13.2 Å². The summed E-state index contributed by atoms with van der Waals surface area (Å²) in [6.07, 6.45) is 3.54. The van der Waals surface area contributed by atoms with Crippen molar-refractivity contribution < 1.29 is 27.8 Å². The summed E-state index contributed by atoms with van der Waals surface area (Å²) in [5.74, 6) is -0.228. The molecule has 2 atom stereocenters. The van der Waals surface area contributed by atoms with Crippen molar-refractivity contribution in [2.45, 2.75) is 122 Å². The summed E-state index contributed by atoms with van der Waals surface area (Å²) in [6, 6.07) is 3.82. The number of hydrogen-bond acceptors (Lipinski definition) is 3. The van der Waals surface area contributed by atoms with E-state index in [1.165, 1.54) is 19.3 Å². The molecule has 1 amide bonds. The van der Waals surface area contributed by atoms with Crippen molar-refractivity contribution in [2.75, 3.05) is 0 Å². The average Bonchev–Trinajstić information content (AvgIpc) is 2.74. The van der Waals surface area contributed by atoms with E-state index in [0.29, 0.717) is 23.3 Å². The molecule has 7 heteroatoms. The molecule has 0 saturated heterocycles. The Labute approximate surface area is 213 Å². The zero-order valence-corrected chi connectivity index (χ0v) is 22.7. The van der Waals surface area contributed by atoms with Crippen LogP contribution in [0.15, 0.2) is 23.8 Å². The number of ether oxygens (including phenoxy) is 1. The number of alkyl halides is 3. The number of halogens is 3. The highest BCUT2D eigenvalue weighted by atomic mass is 19.4. The number of benzene rings is 1. The van der Waals surface area contributed by atoms with Crippen LogP contribution in [0.5, 0.6) is 11.5 Å². The summed E-state index contributed by atoms with van der Waals surface area (Å²) in [5.41, 5.74) is -1.08. The van der Waals surface area contributed by atoms with Crippen LogP contribution in [0, 0.1) is 5.92 Å². The van der Waals surface area contributed by atoms with Gasteiger partial charge in [0, 0.05) is 23.0 Å². The van der Waals surface area contributed by atoms with Gasteiger partial charge in [-0.3, -0.25) is 4.79 Å². The average molecular weight is 510 g/mol. The lowest BCUT2D eigenvalue weighted by Crippen LogP contribution is -2.55. The van der Waals surface area contributed by atoms with E-state index in [1.807, 2.05) is 26.0 Å². The molecule has 1 aromatic rings. The first-order valence-corrected chi connectivity index (χ1v) is 13.1. The van der Waals surface area contributed by atoms with E-state index >= 15 is 0 Å². The maximum absolute atomic E-state index is 13.3. The Morgan fingerprint density at radius 1 is 1.14 bits per heavy atom. The highest BCUT2D eigenvalue weighted by Gasteiger charge is 2.50. The van der Waals surface area contributed by atoms with Gasteiger partial charge in [0.2, 0.25) is 5.91 Å². The minimum atomic E-state index is -4.56. The molecule has 2 aliphatic rings. The van der Waals surface area contributed by atoms with Gasteiger partial charge in [-0.2, -0.15) is 13.2 Å². The Kier molecular flexibility index (Phi) is 7.84. The normalized spacial score (nSPS) is 21.7. The Hall–Kier alpha value is -2.18. The molecule has 1 aromatic carbocycles. The second-order valence-electron chi connectivity index (χ2n) is 12.3. The number of aromatic hydroxyl groups is 1. The lowest BCUT2D eigenvalue weighted by molar-refractivity contribution is -0.187. The second kappa shape index (κ2) is 9.94. The predicted molar refractivity (Wildman–Crippen MR) is 136 cm³/mol. The van der Waals surface area contributed by atoms with Crippen LogP contribution in [0.1, 0.15) is 110 Å². The zero-order valence-electron chi connectivity index (χ0n) is 22.7. The highest BCUT2D eigenvalue weighted by Crippen LogP contribution is 2.55. The van der Waals surface area contributed by atoms with Gasteiger partial charge in [0.1, 0.15) is 22.6 Å². The first-order valence-electron chi connectivity index (χ1n) is 13.1. The van der Waals surface area contributed by atoms with Crippen LogP contribution in [0.25, 0.3) is 0 Å². The molecule has 1 heterocycles. The van der Waals surface area contributed by atoms with Crippen LogP contribution >= 0.6 is 0 Å². The van der Waals surface area contributed by atoms with E-state index < -0.39 is 23.2 Å². The van der Waals surface area contributed by atoms with Gasteiger partial charge in [0.25, 0.3) is 0 Å². The number of amides is 1. The van der Waals surface area contributed by atoms with Crippen LogP contribution in [0.2, 0.25) is 0 Å². The van der Waals surface area contributed by atoms with Gasteiger partial charge in [-0.05, 0) is 70.1 Å². The number of nitrogens with one attached hydrogen (secondary N) is 1. The second-order valence-corrected chi connectivity index (χ2v) is 12.3. The Morgan fingerprint density at radius 2 is 1.81 bits per heavy atom. The van der Waals surface area contributed by atoms with Gasteiger partial charge < -0.3 is 15.2 Å². The topological polar surface area (TPSA) is 58.6 Å². The third-order valence-electron chi connectivity index (χ3n) is 8.16. The van der Waals surface area contributed by atoms with Gasteiger partial charge in [0.15, 0.2) is 0 Å². The number of phenolic OH excluding ortho intramolecular Hbond substituents is 1. The maximum atomic E-state index is 13.3. The maximum Gasteiger partial charge on any atom is 0.410 e. The molecular formula is C29H42F3NO3. The van der Waals surface area contributed by atoms with Crippen molar-refractivity contribution in [3.63, 3.8) is 0 Å². The summed E-state index contributed by atoms with van der Waals surface area (Å²) in [5, 5.41) is 13.3. The summed E-state index contributed by atoms with van der Waals surface area (Å²) in [7, 11) is 0. The molecule has 36 heavy (non-hydrogen) atoms. The number of unbranched alkanes of at least 4 members (excludes halogenated alkanes) is 3. The van der Waals surface area contributed by atoms with Gasteiger partial charge in [-0.15, -0.1) is 0 Å². The van der Waals surface area contributed by atoms with Gasteiger partial charge in [0.05, 0.1) is 0 Å². The molecule has 0 fully saturated rings. The molecule has 1 aliphatic heterocycles.